The molecule has 1 spiro atoms. The van der Waals surface area contributed by atoms with Gasteiger partial charge in [-0.3, -0.25) is 0 Å². The van der Waals surface area contributed by atoms with E-state index in [4.69, 9.17) is 9.47 Å². The van der Waals surface area contributed by atoms with Crippen LogP contribution in [0, 0.1) is 6.92 Å². The summed E-state index contributed by atoms with van der Waals surface area (Å²) in [5.41, 5.74) is 2.51. The number of hydrogen-bond donors (Lipinski definition) is 1. The van der Waals surface area contributed by atoms with Crippen LogP contribution in [0.1, 0.15) is 30.1 Å². The predicted molar refractivity (Wildman–Crippen MR) is 65.8 cm³/mol. The second-order valence-corrected chi connectivity index (χ2v) is 4.99. The van der Waals surface area contributed by atoms with Crippen molar-refractivity contribution in [3.63, 3.8) is 0 Å². The maximum Gasteiger partial charge on any atom is 0.171 e. The molecule has 17 heavy (non-hydrogen) atoms. The van der Waals surface area contributed by atoms with E-state index in [2.05, 4.69) is 36.5 Å². The molecule has 2 fully saturated rings. The Bertz CT molecular complexity index is 382. The van der Waals surface area contributed by atoms with E-state index in [0.29, 0.717) is 6.61 Å². The molecule has 3 heteroatoms. The topological polar surface area (TPSA) is 30.5 Å². The summed E-state index contributed by atoms with van der Waals surface area (Å²) in [7, 11) is 0. The van der Waals surface area contributed by atoms with Crippen molar-refractivity contribution in [2.75, 3.05) is 19.7 Å². The van der Waals surface area contributed by atoms with Gasteiger partial charge in [-0.2, -0.15) is 0 Å². The molecule has 1 unspecified atom stereocenters. The van der Waals surface area contributed by atoms with Crippen molar-refractivity contribution in [1.29, 1.82) is 0 Å². The lowest BCUT2D eigenvalue weighted by Gasteiger charge is -2.32. The molecular weight excluding hydrogens is 214 g/mol. The molecule has 1 atom stereocenters. The van der Waals surface area contributed by atoms with Crippen LogP contribution in [0.15, 0.2) is 24.3 Å². The number of aryl methyl sites for hydroxylation is 1. The second-order valence-electron chi connectivity index (χ2n) is 4.99. The molecule has 0 aliphatic carbocycles. The molecule has 92 valence electrons. The first-order valence-electron chi connectivity index (χ1n) is 6.37. The van der Waals surface area contributed by atoms with Gasteiger partial charge in [0.1, 0.15) is 6.10 Å². The minimum Gasteiger partial charge on any atom is -0.347 e. The third-order valence-electron chi connectivity index (χ3n) is 3.67. The molecule has 3 nitrogen and oxygen atoms in total. The van der Waals surface area contributed by atoms with E-state index in [-0.39, 0.29) is 11.9 Å². The van der Waals surface area contributed by atoms with Gasteiger partial charge in [-0.15, -0.1) is 0 Å². The summed E-state index contributed by atoms with van der Waals surface area (Å²) >= 11 is 0. The number of hydrogen-bond acceptors (Lipinski definition) is 3. The van der Waals surface area contributed by atoms with Gasteiger partial charge in [0, 0.05) is 25.9 Å². The SMILES string of the molecule is Cc1ccc(C2COC3(CCNCC3)O2)cc1. The summed E-state index contributed by atoms with van der Waals surface area (Å²) in [5, 5.41) is 3.34. The van der Waals surface area contributed by atoms with Crippen molar-refractivity contribution < 1.29 is 9.47 Å². The number of ether oxygens (including phenoxy) is 2. The predicted octanol–water partition coefficient (Wildman–Crippen LogP) is 2.16. The first-order valence-corrected chi connectivity index (χ1v) is 6.37. The lowest BCUT2D eigenvalue weighted by molar-refractivity contribution is -0.183. The number of benzene rings is 1. The fourth-order valence-corrected chi connectivity index (χ4v) is 2.57. The summed E-state index contributed by atoms with van der Waals surface area (Å²) in [6.45, 7) is 4.76. The van der Waals surface area contributed by atoms with Crippen LogP contribution in [0.5, 0.6) is 0 Å². The zero-order valence-corrected chi connectivity index (χ0v) is 10.2. The highest BCUT2D eigenvalue weighted by atomic mass is 16.7. The quantitative estimate of drug-likeness (QED) is 0.806. The number of piperidine rings is 1. The Balaban J connectivity index is 1.72. The average molecular weight is 233 g/mol. The molecule has 0 saturated carbocycles. The first kappa shape index (κ1) is 11.2. The Morgan fingerprint density at radius 2 is 1.88 bits per heavy atom. The van der Waals surface area contributed by atoms with Crippen LogP contribution >= 0.6 is 0 Å². The van der Waals surface area contributed by atoms with Crippen LogP contribution in [-0.4, -0.2) is 25.5 Å². The standard InChI is InChI=1S/C14H19NO2/c1-11-2-4-12(5-3-11)13-10-16-14(17-13)6-8-15-9-7-14/h2-5,13,15H,6-10H2,1H3. The van der Waals surface area contributed by atoms with Gasteiger partial charge in [0.05, 0.1) is 6.61 Å². The van der Waals surface area contributed by atoms with Crippen molar-refractivity contribution >= 4 is 0 Å². The summed E-state index contributed by atoms with van der Waals surface area (Å²) in [5.74, 6) is -0.319. The smallest absolute Gasteiger partial charge is 0.171 e. The van der Waals surface area contributed by atoms with Crippen molar-refractivity contribution in [2.24, 2.45) is 0 Å². The molecule has 0 bridgehead atoms. The van der Waals surface area contributed by atoms with Crippen LogP contribution in [0.25, 0.3) is 0 Å². The number of rotatable bonds is 1. The molecule has 1 N–H and O–H groups in total. The van der Waals surface area contributed by atoms with E-state index in [1.54, 1.807) is 0 Å². The van der Waals surface area contributed by atoms with E-state index in [0.717, 1.165) is 25.9 Å². The maximum atomic E-state index is 6.15. The van der Waals surface area contributed by atoms with E-state index in [1.807, 2.05) is 0 Å². The molecule has 1 aromatic carbocycles. The summed E-state index contributed by atoms with van der Waals surface area (Å²) in [6, 6.07) is 8.55. The fourth-order valence-electron chi connectivity index (χ4n) is 2.57. The zero-order valence-electron chi connectivity index (χ0n) is 10.2. The van der Waals surface area contributed by atoms with Crippen molar-refractivity contribution in [3.8, 4) is 0 Å². The highest BCUT2D eigenvalue weighted by Gasteiger charge is 2.42. The molecule has 2 aliphatic rings. The lowest BCUT2D eigenvalue weighted by Crippen LogP contribution is -2.42. The van der Waals surface area contributed by atoms with Crippen molar-refractivity contribution in [3.05, 3.63) is 35.4 Å². The molecule has 2 heterocycles. The largest absolute Gasteiger partial charge is 0.347 e. The minimum absolute atomic E-state index is 0.105. The van der Waals surface area contributed by atoms with E-state index < -0.39 is 0 Å². The molecule has 0 radical (unpaired) electrons. The highest BCUT2D eigenvalue weighted by Crippen LogP contribution is 2.38. The van der Waals surface area contributed by atoms with E-state index in [9.17, 15) is 0 Å². The Kier molecular flexibility index (Phi) is 2.90. The minimum atomic E-state index is -0.319. The second kappa shape index (κ2) is 4.41. The third-order valence-corrected chi connectivity index (χ3v) is 3.67. The van der Waals surface area contributed by atoms with Gasteiger partial charge < -0.3 is 14.8 Å². The summed E-state index contributed by atoms with van der Waals surface area (Å²) in [6.07, 6.45) is 2.01. The van der Waals surface area contributed by atoms with E-state index in [1.165, 1.54) is 11.1 Å². The van der Waals surface area contributed by atoms with E-state index >= 15 is 0 Å². The fraction of sp³-hybridized carbons (Fsp3) is 0.571. The van der Waals surface area contributed by atoms with Crippen LogP contribution in [0.4, 0.5) is 0 Å². The first-order chi connectivity index (χ1) is 8.27. The van der Waals surface area contributed by atoms with Gasteiger partial charge in [-0.25, -0.2) is 0 Å². The van der Waals surface area contributed by atoms with Crippen LogP contribution in [0.3, 0.4) is 0 Å². The van der Waals surface area contributed by atoms with Gasteiger partial charge in [0.2, 0.25) is 0 Å². The normalized spacial score (nSPS) is 27.5. The Labute approximate surface area is 102 Å². The molecule has 2 saturated heterocycles. The van der Waals surface area contributed by atoms with Crippen LogP contribution in [0.2, 0.25) is 0 Å². The molecule has 3 rings (SSSR count). The average Bonchev–Trinajstić information content (AvgIpc) is 2.75. The third kappa shape index (κ3) is 2.23. The van der Waals surface area contributed by atoms with Gasteiger partial charge in [-0.05, 0) is 12.5 Å². The summed E-state index contributed by atoms with van der Waals surface area (Å²) in [4.78, 5) is 0. The van der Waals surface area contributed by atoms with Gasteiger partial charge >= 0.3 is 0 Å². The number of nitrogens with one attached hydrogen (secondary N) is 1. The zero-order chi connectivity index (χ0) is 11.7. The van der Waals surface area contributed by atoms with Gasteiger partial charge in [0.25, 0.3) is 0 Å². The lowest BCUT2D eigenvalue weighted by atomic mass is 10.1. The molecule has 0 aromatic heterocycles. The summed E-state index contributed by atoms with van der Waals surface area (Å²) < 4.78 is 12.1. The Morgan fingerprint density at radius 3 is 2.59 bits per heavy atom. The highest BCUT2D eigenvalue weighted by molar-refractivity contribution is 5.23. The van der Waals surface area contributed by atoms with Crippen LogP contribution < -0.4 is 5.32 Å². The monoisotopic (exact) mass is 233 g/mol. The van der Waals surface area contributed by atoms with Gasteiger partial charge in [0.15, 0.2) is 5.79 Å². The van der Waals surface area contributed by atoms with Crippen LogP contribution in [-0.2, 0) is 9.47 Å². The Morgan fingerprint density at radius 1 is 1.18 bits per heavy atom. The molecule has 0 amide bonds. The maximum absolute atomic E-state index is 6.15. The molecule has 1 aromatic rings. The van der Waals surface area contributed by atoms with Crippen molar-refractivity contribution in [2.45, 2.75) is 31.7 Å². The van der Waals surface area contributed by atoms with Gasteiger partial charge in [-0.1, -0.05) is 29.8 Å². The Hall–Kier alpha value is -0.900. The van der Waals surface area contributed by atoms with Crippen molar-refractivity contribution in [1.82, 2.24) is 5.32 Å². The molecular formula is C14H19NO2. The molecule has 2 aliphatic heterocycles.